The van der Waals surface area contributed by atoms with Crippen molar-refractivity contribution in [2.45, 2.75) is 12.8 Å². The number of hydrogen-bond acceptors (Lipinski definition) is 3. The first-order valence-corrected chi connectivity index (χ1v) is 7.58. The summed E-state index contributed by atoms with van der Waals surface area (Å²) in [5.74, 6) is 1.76. The first kappa shape index (κ1) is 10.8. The predicted molar refractivity (Wildman–Crippen MR) is 66.6 cm³/mol. The number of hydrogen-bond donors (Lipinski definition) is 1. The molecule has 1 fully saturated rings. The van der Waals surface area contributed by atoms with Gasteiger partial charge in [0.05, 0.1) is 22.5 Å². The zero-order valence-corrected chi connectivity index (χ0v) is 10.2. The molecule has 1 aliphatic rings. The fraction of sp³-hybridized carbons (Fsp3) is 0.417. The fourth-order valence-electron chi connectivity index (χ4n) is 2.41. The number of imidazole rings is 1. The Morgan fingerprint density at radius 3 is 2.88 bits per heavy atom. The van der Waals surface area contributed by atoms with Crippen LogP contribution in [-0.4, -0.2) is 29.9 Å². The van der Waals surface area contributed by atoms with Crippen LogP contribution in [0.5, 0.6) is 0 Å². The van der Waals surface area contributed by atoms with Gasteiger partial charge in [-0.3, -0.25) is 0 Å². The third kappa shape index (κ3) is 2.20. The van der Waals surface area contributed by atoms with Gasteiger partial charge >= 0.3 is 0 Å². The number of H-pyrrole nitrogens is 1. The van der Waals surface area contributed by atoms with Crippen molar-refractivity contribution in [2.24, 2.45) is 5.92 Å². The number of sulfone groups is 1. The number of rotatable bonds is 2. The third-order valence-corrected chi connectivity index (χ3v) is 5.08. The molecule has 17 heavy (non-hydrogen) atoms. The number of aromatic nitrogens is 2. The smallest absolute Gasteiger partial charge is 0.150 e. The van der Waals surface area contributed by atoms with Gasteiger partial charge in [-0.05, 0) is 24.5 Å². The van der Waals surface area contributed by atoms with E-state index in [-0.39, 0.29) is 5.92 Å². The standard InChI is InChI=1S/C12H14N2O2S/c15-17(16)6-5-9(8-17)7-12-13-10-3-1-2-4-11(10)14-12/h1-4,9H,5-8H2,(H,13,14). The van der Waals surface area contributed by atoms with Gasteiger partial charge in [0, 0.05) is 6.42 Å². The molecule has 2 aromatic rings. The highest BCUT2D eigenvalue weighted by Crippen LogP contribution is 2.22. The summed E-state index contributed by atoms with van der Waals surface area (Å²) < 4.78 is 22.7. The average molecular weight is 250 g/mol. The molecule has 1 aliphatic heterocycles. The minimum atomic E-state index is -2.79. The summed E-state index contributed by atoms with van der Waals surface area (Å²) in [6, 6.07) is 7.86. The van der Waals surface area contributed by atoms with Crippen LogP contribution in [0.15, 0.2) is 24.3 Å². The van der Waals surface area contributed by atoms with Crippen molar-refractivity contribution in [1.29, 1.82) is 0 Å². The van der Waals surface area contributed by atoms with Gasteiger partial charge < -0.3 is 4.98 Å². The summed E-state index contributed by atoms with van der Waals surface area (Å²) in [5.41, 5.74) is 1.96. The van der Waals surface area contributed by atoms with E-state index in [0.717, 1.165) is 29.7 Å². The Kier molecular flexibility index (Phi) is 2.43. The zero-order chi connectivity index (χ0) is 11.9. The summed E-state index contributed by atoms with van der Waals surface area (Å²) >= 11 is 0. The SMILES string of the molecule is O=S1(=O)CCC(Cc2nc3ccccc3[nH]2)C1. The molecule has 1 unspecified atom stereocenters. The van der Waals surface area contributed by atoms with Crippen molar-refractivity contribution in [2.75, 3.05) is 11.5 Å². The highest BCUT2D eigenvalue weighted by molar-refractivity contribution is 7.91. The maximum atomic E-state index is 11.4. The Labute approximate surface area is 100.0 Å². The van der Waals surface area contributed by atoms with Crippen LogP contribution in [0, 0.1) is 5.92 Å². The van der Waals surface area contributed by atoms with E-state index in [4.69, 9.17) is 0 Å². The van der Waals surface area contributed by atoms with Crippen LogP contribution in [0.3, 0.4) is 0 Å². The quantitative estimate of drug-likeness (QED) is 0.879. The molecule has 1 atom stereocenters. The average Bonchev–Trinajstić information content (AvgIpc) is 2.81. The van der Waals surface area contributed by atoms with Gasteiger partial charge in [-0.2, -0.15) is 0 Å². The number of nitrogens with one attached hydrogen (secondary N) is 1. The van der Waals surface area contributed by atoms with Gasteiger partial charge in [-0.1, -0.05) is 12.1 Å². The lowest BCUT2D eigenvalue weighted by Gasteiger charge is -2.03. The first-order chi connectivity index (χ1) is 8.12. The summed E-state index contributed by atoms with van der Waals surface area (Å²) in [6.07, 6.45) is 1.49. The minimum absolute atomic E-state index is 0.223. The molecule has 1 N–H and O–H groups in total. The lowest BCUT2D eigenvalue weighted by molar-refractivity contribution is 0.572. The summed E-state index contributed by atoms with van der Waals surface area (Å²) in [6.45, 7) is 0. The van der Waals surface area contributed by atoms with E-state index in [0.29, 0.717) is 11.5 Å². The molecule has 4 nitrogen and oxygen atoms in total. The van der Waals surface area contributed by atoms with Crippen LogP contribution in [0.4, 0.5) is 0 Å². The lowest BCUT2D eigenvalue weighted by Crippen LogP contribution is -2.08. The van der Waals surface area contributed by atoms with Gasteiger partial charge in [0.1, 0.15) is 5.82 Å². The van der Waals surface area contributed by atoms with Crippen LogP contribution in [0.1, 0.15) is 12.2 Å². The second kappa shape index (κ2) is 3.84. The molecule has 0 aliphatic carbocycles. The molecule has 5 heteroatoms. The van der Waals surface area contributed by atoms with Gasteiger partial charge in [0.15, 0.2) is 9.84 Å². The van der Waals surface area contributed by atoms with Crippen LogP contribution in [-0.2, 0) is 16.3 Å². The van der Waals surface area contributed by atoms with E-state index in [9.17, 15) is 8.42 Å². The molecular formula is C12H14N2O2S. The predicted octanol–water partition coefficient (Wildman–Crippen LogP) is 1.54. The van der Waals surface area contributed by atoms with Crippen LogP contribution in [0.25, 0.3) is 11.0 Å². The summed E-state index contributed by atoms with van der Waals surface area (Å²) in [7, 11) is -2.79. The molecule has 1 saturated heterocycles. The number of para-hydroxylation sites is 2. The number of aromatic amines is 1. The molecule has 90 valence electrons. The Morgan fingerprint density at radius 1 is 1.35 bits per heavy atom. The number of fused-ring (bicyclic) bond motifs is 1. The molecule has 0 saturated carbocycles. The van der Waals surface area contributed by atoms with Gasteiger partial charge in [-0.25, -0.2) is 13.4 Å². The molecule has 0 amide bonds. The number of benzene rings is 1. The zero-order valence-electron chi connectivity index (χ0n) is 9.39. The van der Waals surface area contributed by atoms with Gasteiger partial charge in [0.2, 0.25) is 0 Å². The van der Waals surface area contributed by atoms with Gasteiger partial charge in [-0.15, -0.1) is 0 Å². The van der Waals surface area contributed by atoms with Crippen molar-refractivity contribution in [3.05, 3.63) is 30.1 Å². The molecule has 0 bridgehead atoms. The minimum Gasteiger partial charge on any atom is -0.342 e. The van der Waals surface area contributed by atoms with Crippen molar-refractivity contribution >= 4 is 20.9 Å². The van der Waals surface area contributed by atoms with Crippen LogP contribution >= 0.6 is 0 Å². The Morgan fingerprint density at radius 2 is 2.18 bits per heavy atom. The summed E-state index contributed by atoms with van der Waals surface area (Å²) in [4.78, 5) is 7.72. The van der Waals surface area contributed by atoms with Gasteiger partial charge in [0.25, 0.3) is 0 Å². The second-order valence-electron chi connectivity index (χ2n) is 4.67. The normalized spacial score (nSPS) is 23.2. The molecule has 3 rings (SSSR count). The molecule has 2 heterocycles. The molecule has 1 aromatic heterocycles. The largest absolute Gasteiger partial charge is 0.342 e. The Balaban J connectivity index is 1.81. The van der Waals surface area contributed by atoms with E-state index >= 15 is 0 Å². The van der Waals surface area contributed by atoms with E-state index in [1.54, 1.807) is 0 Å². The van der Waals surface area contributed by atoms with E-state index in [1.807, 2.05) is 24.3 Å². The summed E-state index contributed by atoms with van der Waals surface area (Å²) in [5, 5.41) is 0. The maximum Gasteiger partial charge on any atom is 0.150 e. The topological polar surface area (TPSA) is 62.8 Å². The maximum absolute atomic E-state index is 11.4. The molecule has 0 spiro atoms. The van der Waals surface area contributed by atoms with E-state index < -0.39 is 9.84 Å². The van der Waals surface area contributed by atoms with Crippen LogP contribution < -0.4 is 0 Å². The highest BCUT2D eigenvalue weighted by Gasteiger charge is 2.28. The Bertz CT molecular complexity index is 612. The second-order valence-corrected chi connectivity index (χ2v) is 6.90. The van der Waals surface area contributed by atoms with E-state index in [1.165, 1.54) is 0 Å². The lowest BCUT2D eigenvalue weighted by atomic mass is 10.1. The monoisotopic (exact) mass is 250 g/mol. The number of nitrogens with zero attached hydrogens (tertiary/aromatic N) is 1. The third-order valence-electron chi connectivity index (χ3n) is 3.25. The first-order valence-electron chi connectivity index (χ1n) is 5.76. The van der Waals surface area contributed by atoms with Crippen molar-refractivity contribution in [3.63, 3.8) is 0 Å². The van der Waals surface area contributed by atoms with Crippen molar-refractivity contribution < 1.29 is 8.42 Å². The fourth-order valence-corrected chi connectivity index (χ4v) is 4.27. The van der Waals surface area contributed by atoms with E-state index in [2.05, 4.69) is 9.97 Å². The Hall–Kier alpha value is -1.36. The van der Waals surface area contributed by atoms with Crippen molar-refractivity contribution in [3.8, 4) is 0 Å². The van der Waals surface area contributed by atoms with Crippen LogP contribution in [0.2, 0.25) is 0 Å². The van der Waals surface area contributed by atoms with Crippen molar-refractivity contribution in [1.82, 2.24) is 9.97 Å². The molecule has 1 aromatic carbocycles. The molecular weight excluding hydrogens is 236 g/mol. The molecule has 0 radical (unpaired) electrons. The highest BCUT2D eigenvalue weighted by atomic mass is 32.2.